The van der Waals surface area contributed by atoms with Gasteiger partial charge in [-0.2, -0.15) is 13.2 Å². The molecule has 2 N–H and O–H groups in total. The summed E-state index contributed by atoms with van der Waals surface area (Å²) in [6.07, 6.45) is 4.66. The van der Waals surface area contributed by atoms with E-state index in [1.54, 1.807) is 20.0 Å². The highest BCUT2D eigenvalue weighted by molar-refractivity contribution is 5.82. The van der Waals surface area contributed by atoms with Crippen molar-refractivity contribution in [2.45, 2.75) is 71.8 Å². The molecule has 4 rings (SSSR count). The number of nitrogens with one attached hydrogen (secondary N) is 1. The summed E-state index contributed by atoms with van der Waals surface area (Å²) >= 11 is 0. The first-order valence-electron chi connectivity index (χ1n) is 15.5. The van der Waals surface area contributed by atoms with E-state index in [2.05, 4.69) is 16.2 Å². The van der Waals surface area contributed by atoms with Crippen LogP contribution in [-0.4, -0.2) is 31.1 Å². The van der Waals surface area contributed by atoms with Crippen molar-refractivity contribution < 1.29 is 41.0 Å². The summed E-state index contributed by atoms with van der Waals surface area (Å²) in [6.45, 7) is 6.38. The second-order valence-corrected chi connectivity index (χ2v) is 12.4. The first-order chi connectivity index (χ1) is 23.4. The van der Waals surface area contributed by atoms with Crippen molar-refractivity contribution in [2.75, 3.05) is 0 Å². The van der Waals surface area contributed by atoms with Gasteiger partial charge in [0.15, 0.2) is 0 Å². The molecule has 50 heavy (non-hydrogen) atoms. The summed E-state index contributed by atoms with van der Waals surface area (Å²) < 4.78 is 90.8. The molecule has 2 unspecified atom stereocenters. The van der Waals surface area contributed by atoms with Gasteiger partial charge in [-0.15, -0.1) is 6.42 Å². The molecule has 2 aromatic heterocycles. The number of aliphatic carboxylic acids is 1. The fourth-order valence-corrected chi connectivity index (χ4v) is 6.05. The van der Waals surface area contributed by atoms with Gasteiger partial charge in [0.1, 0.15) is 23.5 Å². The number of carboxylic acids is 1. The highest BCUT2D eigenvalue weighted by Crippen LogP contribution is 2.38. The Morgan fingerprint density at radius 1 is 1.06 bits per heavy atom. The van der Waals surface area contributed by atoms with Gasteiger partial charge in [-0.05, 0) is 73.1 Å². The molecule has 2 atom stereocenters. The summed E-state index contributed by atoms with van der Waals surface area (Å²) in [5.41, 5.74) is -3.46. The number of aryl methyl sites for hydroxylation is 4. The van der Waals surface area contributed by atoms with E-state index in [0.717, 1.165) is 29.0 Å². The van der Waals surface area contributed by atoms with Crippen molar-refractivity contribution in [1.82, 2.24) is 19.4 Å². The Bertz CT molecular complexity index is 1990. The molecule has 2 aromatic carbocycles. The Morgan fingerprint density at radius 3 is 2.26 bits per heavy atom. The second-order valence-electron chi connectivity index (χ2n) is 12.4. The molecule has 0 aliphatic carbocycles. The van der Waals surface area contributed by atoms with Crippen LogP contribution in [0.4, 0.5) is 26.3 Å². The molecule has 0 saturated heterocycles. The highest BCUT2D eigenvalue weighted by atomic mass is 19.4. The fourth-order valence-electron chi connectivity index (χ4n) is 6.05. The number of hydrogen-bond donors (Lipinski definition) is 2. The van der Waals surface area contributed by atoms with E-state index < -0.39 is 70.7 Å². The number of pyridine rings is 1. The maximum absolute atomic E-state index is 16.5. The standard InChI is InChI=1S/C36H34F6N4O4/c1-6-22-14-26(38)33(34(39)32(22)31-20(4)12-24(37)13-21(31)5)27(16-30(48)49)44-35(50)28(11-19(2)3)46-17-23(7-9-45-10-8-43-18-45)25(15-29(46)47)36(40,41)42/h1,8,10,12-15,17-19,27-28H,7,9,11,16H2,2-5H3,(H,44,50)(H,48,49). The predicted octanol–water partition coefficient (Wildman–Crippen LogP) is 6.91. The largest absolute Gasteiger partial charge is 0.481 e. The second kappa shape index (κ2) is 15.1. The van der Waals surface area contributed by atoms with E-state index in [1.807, 2.05) is 0 Å². The number of alkyl halides is 3. The lowest BCUT2D eigenvalue weighted by atomic mass is 9.88. The third-order valence-electron chi connectivity index (χ3n) is 8.20. The summed E-state index contributed by atoms with van der Waals surface area (Å²) in [6, 6.07) is 0.0381. The average molecular weight is 701 g/mol. The Kier molecular flexibility index (Phi) is 11.3. The lowest BCUT2D eigenvalue weighted by molar-refractivity contribution is -0.139. The zero-order chi connectivity index (χ0) is 37.1. The summed E-state index contributed by atoms with van der Waals surface area (Å²) in [5, 5.41) is 12.1. The lowest BCUT2D eigenvalue weighted by Gasteiger charge is -2.27. The number of hydrogen-bond acceptors (Lipinski definition) is 4. The van der Waals surface area contributed by atoms with E-state index in [9.17, 15) is 37.1 Å². The van der Waals surface area contributed by atoms with Crippen molar-refractivity contribution >= 4 is 11.9 Å². The van der Waals surface area contributed by atoms with Gasteiger partial charge in [0.05, 0.1) is 24.4 Å². The van der Waals surface area contributed by atoms with Crippen molar-refractivity contribution in [3.8, 4) is 23.5 Å². The van der Waals surface area contributed by atoms with Crippen molar-refractivity contribution in [3.63, 3.8) is 0 Å². The molecular formula is C36H34F6N4O4. The number of rotatable bonds is 12. The number of carbonyl (C=O) groups excluding carboxylic acids is 1. The quantitative estimate of drug-likeness (QED) is 0.124. The molecule has 0 saturated carbocycles. The number of amides is 1. The first-order valence-corrected chi connectivity index (χ1v) is 15.5. The van der Waals surface area contributed by atoms with Crippen LogP contribution in [-0.2, 0) is 28.7 Å². The molecule has 2 heterocycles. The van der Waals surface area contributed by atoms with Gasteiger partial charge < -0.3 is 19.6 Å². The number of benzene rings is 2. The number of halogens is 6. The van der Waals surface area contributed by atoms with Crippen LogP contribution in [0.5, 0.6) is 0 Å². The van der Waals surface area contributed by atoms with E-state index in [1.165, 1.54) is 30.9 Å². The minimum atomic E-state index is -4.90. The van der Waals surface area contributed by atoms with Crippen molar-refractivity contribution in [1.29, 1.82) is 0 Å². The molecule has 0 radical (unpaired) electrons. The lowest BCUT2D eigenvalue weighted by Crippen LogP contribution is -2.41. The highest BCUT2D eigenvalue weighted by Gasteiger charge is 2.36. The minimum Gasteiger partial charge on any atom is -0.481 e. The van der Waals surface area contributed by atoms with Gasteiger partial charge in [0, 0.05) is 47.9 Å². The first kappa shape index (κ1) is 37.5. The average Bonchev–Trinajstić information content (AvgIpc) is 3.52. The number of terminal acetylenes is 1. The molecule has 0 aliphatic rings. The molecule has 0 spiro atoms. The number of carboxylic acid groups (broad SMARTS) is 1. The number of imidazole rings is 1. The molecular weight excluding hydrogens is 666 g/mol. The maximum atomic E-state index is 16.5. The smallest absolute Gasteiger partial charge is 0.416 e. The van der Waals surface area contributed by atoms with E-state index in [4.69, 9.17) is 6.42 Å². The maximum Gasteiger partial charge on any atom is 0.416 e. The van der Waals surface area contributed by atoms with Gasteiger partial charge in [0.25, 0.3) is 5.56 Å². The Balaban J connectivity index is 1.85. The molecule has 4 aromatic rings. The molecule has 0 bridgehead atoms. The number of nitrogens with zero attached hydrogens (tertiary/aromatic N) is 3. The molecule has 0 aliphatic heterocycles. The number of carbonyl (C=O) groups is 2. The normalized spacial score (nSPS) is 12.8. The fraction of sp³-hybridized carbons (Fsp3) is 0.333. The summed E-state index contributed by atoms with van der Waals surface area (Å²) in [7, 11) is 0. The van der Waals surface area contributed by atoms with E-state index >= 15 is 8.78 Å². The van der Waals surface area contributed by atoms with E-state index in [-0.39, 0.29) is 58.7 Å². The van der Waals surface area contributed by atoms with Crippen LogP contribution in [0.3, 0.4) is 0 Å². The topological polar surface area (TPSA) is 106 Å². The van der Waals surface area contributed by atoms with Crippen LogP contribution in [0.2, 0.25) is 0 Å². The van der Waals surface area contributed by atoms with Crippen LogP contribution < -0.4 is 10.9 Å². The Morgan fingerprint density at radius 2 is 1.72 bits per heavy atom. The molecule has 8 nitrogen and oxygen atoms in total. The van der Waals surface area contributed by atoms with Gasteiger partial charge in [0.2, 0.25) is 5.91 Å². The third-order valence-corrected chi connectivity index (χ3v) is 8.20. The van der Waals surface area contributed by atoms with Gasteiger partial charge in [-0.25, -0.2) is 18.2 Å². The van der Waals surface area contributed by atoms with Crippen molar-refractivity contribution in [2.24, 2.45) is 5.92 Å². The summed E-state index contributed by atoms with van der Waals surface area (Å²) in [4.78, 5) is 43.0. The van der Waals surface area contributed by atoms with Gasteiger partial charge in [-0.3, -0.25) is 14.4 Å². The summed E-state index contributed by atoms with van der Waals surface area (Å²) in [5.74, 6) is -3.95. The molecule has 1 amide bonds. The van der Waals surface area contributed by atoms with Crippen LogP contribution in [0.25, 0.3) is 11.1 Å². The minimum absolute atomic E-state index is 0.0601. The van der Waals surface area contributed by atoms with Gasteiger partial charge in [-0.1, -0.05) is 19.8 Å². The molecule has 14 heteroatoms. The third kappa shape index (κ3) is 8.27. The zero-order valence-corrected chi connectivity index (χ0v) is 27.5. The van der Waals surface area contributed by atoms with E-state index in [0.29, 0.717) is 6.07 Å². The SMILES string of the molecule is C#Cc1cc(F)c(C(CC(=O)O)NC(=O)C(CC(C)C)n2cc(CCn3ccnc3)c(C(F)(F)F)cc2=O)c(F)c1-c1c(C)cc(F)cc1C. The molecule has 264 valence electrons. The van der Waals surface area contributed by atoms with Crippen LogP contribution in [0, 0.1) is 49.6 Å². The predicted molar refractivity (Wildman–Crippen MR) is 172 cm³/mol. The van der Waals surface area contributed by atoms with Crippen LogP contribution in [0.1, 0.15) is 72.2 Å². The Hall–Kier alpha value is -5.32. The monoisotopic (exact) mass is 700 g/mol. The van der Waals surface area contributed by atoms with Gasteiger partial charge >= 0.3 is 12.1 Å². The van der Waals surface area contributed by atoms with Crippen molar-refractivity contribution in [3.05, 3.63) is 110 Å². The zero-order valence-electron chi connectivity index (χ0n) is 27.5. The van der Waals surface area contributed by atoms with Crippen LogP contribution in [0.15, 0.2) is 54.0 Å². The number of aromatic nitrogens is 3. The molecule has 0 fully saturated rings. The van der Waals surface area contributed by atoms with Crippen LogP contribution >= 0.6 is 0 Å². The Labute approximate surface area is 283 Å².